The first-order chi connectivity index (χ1) is 14.7. The summed E-state index contributed by atoms with van der Waals surface area (Å²) in [5.74, 6) is -0.202. The maximum Gasteiger partial charge on any atom is 0.339 e. The summed E-state index contributed by atoms with van der Waals surface area (Å²) in [6.45, 7) is 2.11. The Balaban J connectivity index is 1.51. The molecule has 1 N–H and O–H groups in total. The zero-order valence-electron chi connectivity index (χ0n) is 16.6. The van der Waals surface area contributed by atoms with Crippen LogP contribution in [0.5, 0.6) is 5.75 Å². The third-order valence-corrected chi connectivity index (χ3v) is 4.76. The van der Waals surface area contributed by atoms with Gasteiger partial charge in [0.25, 0.3) is 5.91 Å². The lowest BCUT2D eigenvalue weighted by atomic mass is 9.97. The summed E-state index contributed by atoms with van der Waals surface area (Å²) >= 11 is 0. The van der Waals surface area contributed by atoms with E-state index in [1.807, 2.05) is 61.5 Å². The summed E-state index contributed by atoms with van der Waals surface area (Å²) in [7, 11) is 0. The van der Waals surface area contributed by atoms with Crippen LogP contribution in [-0.2, 0) is 9.53 Å². The summed E-state index contributed by atoms with van der Waals surface area (Å²) < 4.78 is 10.7. The van der Waals surface area contributed by atoms with Gasteiger partial charge in [-0.3, -0.25) is 4.79 Å². The summed E-state index contributed by atoms with van der Waals surface area (Å²) in [4.78, 5) is 25.2. The molecule has 0 saturated carbocycles. The molecule has 0 spiro atoms. The first kappa shape index (κ1) is 19.5. The molecule has 30 heavy (non-hydrogen) atoms. The quantitative estimate of drug-likeness (QED) is 0.358. The van der Waals surface area contributed by atoms with Gasteiger partial charge in [-0.2, -0.15) is 0 Å². The number of carbonyl (C=O) groups is 2. The first-order valence-electron chi connectivity index (χ1n) is 9.76. The van der Waals surface area contributed by atoms with E-state index in [1.54, 1.807) is 24.3 Å². The van der Waals surface area contributed by atoms with Gasteiger partial charge in [0.05, 0.1) is 12.2 Å². The summed E-state index contributed by atoms with van der Waals surface area (Å²) in [5, 5.41) is 6.21. The molecule has 5 heteroatoms. The van der Waals surface area contributed by atoms with E-state index < -0.39 is 11.9 Å². The second-order valence-corrected chi connectivity index (χ2v) is 6.78. The van der Waals surface area contributed by atoms with E-state index in [0.29, 0.717) is 17.9 Å². The highest BCUT2D eigenvalue weighted by Crippen LogP contribution is 2.29. The molecule has 0 bridgehead atoms. The van der Waals surface area contributed by atoms with Crippen molar-refractivity contribution in [3.8, 4) is 5.75 Å². The van der Waals surface area contributed by atoms with Crippen LogP contribution in [0.25, 0.3) is 21.5 Å². The molecule has 0 radical (unpaired) electrons. The fourth-order valence-corrected chi connectivity index (χ4v) is 3.44. The first-order valence-corrected chi connectivity index (χ1v) is 9.76. The molecule has 0 aliphatic heterocycles. The van der Waals surface area contributed by atoms with E-state index in [2.05, 4.69) is 5.32 Å². The minimum atomic E-state index is -0.523. The Morgan fingerprint density at radius 1 is 0.833 bits per heavy atom. The Labute approximate surface area is 174 Å². The van der Waals surface area contributed by atoms with Gasteiger partial charge in [0.1, 0.15) is 5.75 Å². The molecule has 0 aliphatic carbocycles. The van der Waals surface area contributed by atoms with Crippen LogP contribution in [0.2, 0.25) is 0 Å². The number of esters is 1. The van der Waals surface area contributed by atoms with Crippen molar-refractivity contribution >= 4 is 39.1 Å². The Hall–Kier alpha value is -3.86. The monoisotopic (exact) mass is 399 g/mol. The van der Waals surface area contributed by atoms with Crippen LogP contribution in [0.1, 0.15) is 17.3 Å². The number of amides is 1. The second kappa shape index (κ2) is 8.66. The number of benzene rings is 4. The van der Waals surface area contributed by atoms with Crippen molar-refractivity contribution in [2.75, 3.05) is 18.5 Å². The largest absolute Gasteiger partial charge is 0.494 e. The fraction of sp³-hybridized carbons (Fsp3) is 0.120. The Kier molecular flexibility index (Phi) is 5.61. The minimum Gasteiger partial charge on any atom is -0.494 e. The number of fused-ring (bicyclic) bond motifs is 2. The molecule has 4 aromatic rings. The molecule has 150 valence electrons. The van der Waals surface area contributed by atoms with E-state index in [9.17, 15) is 9.59 Å². The van der Waals surface area contributed by atoms with Crippen LogP contribution in [0.3, 0.4) is 0 Å². The number of anilines is 1. The lowest BCUT2D eigenvalue weighted by Crippen LogP contribution is -2.21. The molecule has 1 amide bonds. The van der Waals surface area contributed by atoms with Gasteiger partial charge in [-0.1, -0.05) is 48.5 Å². The third kappa shape index (κ3) is 4.10. The number of hydrogen-bond donors (Lipinski definition) is 1. The second-order valence-electron chi connectivity index (χ2n) is 6.78. The zero-order chi connectivity index (χ0) is 20.9. The van der Waals surface area contributed by atoms with Crippen LogP contribution >= 0.6 is 0 Å². The lowest BCUT2D eigenvalue weighted by molar-refractivity contribution is -0.119. The lowest BCUT2D eigenvalue weighted by Gasteiger charge is -2.12. The summed E-state index contributed by atoms with van der Waals surface area (Å²) in [6, 6.07) is 24.4. The average Bonchev–Trinajstić information content (AvgIpc) is 2.77. The topological polar surface area (TPSA) is 64.6 Å². The molecule has 0 fully saturated rings. The van der Waals surface area contributed by atoms with E-state index >= 15 is 0 Å². The van der Waals surface area contributed by atoms with Gasteiger partial charge in [0.2, 0.25) is 0 Å². The van der Waals surface area contributed by atoms with Gasteiger partial charge < -0.3 is 14.8 Å². The van der Waals surface area contributed by atoms with Crippen LogP contribution in [0.15, 0.2) is 78.9 Å². The standard InChI is InChI=1S/C25H21NO4/c1-2-29-20-13-11-19(12-14-20)26-23(27)16-30-25(28)24-21-9-5-3-7-17(21)15-18-8-4-6-10-22(18)24/h3-15H,2,16H2,1H3,(H,26,27). The smallest absolute Gasteiger partial charge is 0.339 e. The molecule has 4 rings (SSSR count). The fourth-order valence-electron chi connectivity index (χ4n) is 3.44. The number of nitrogens with one attached hydrogen (secondary N) is 1. The highest BCUT2D eigenvalue weighted by molar-refractivity contribution is 6.16. The molecule has 0 unspecified atom stereocenters. The van der Waals surface area contributed by atoms with E-state index in [0.717, 1.165) is 27.3 Å². The van der Waals surface area contributed by atoms with Crippen LogP contribution in [-0.4, -0.2) is 25.1 Å². The van der Waals surface area contributed by atoms with Gasteiger partial charge >= 0.3 is 5.97 Å². The maximum absolute atomic E-state index is 12.9. The molecule has 4 aromatic carbocycles. The Bertz CT molecular complexity index is 1160. The maximum atomic E-state index is 12.9. The molecular formula is C25H21NO4. The van der Waals surface area contributed by atoms with Gasteiger partial charge in [-0.25, -0.2) is 4.79 Å². The highest BCUT2D eigenvalue weighted by Gasteiger charge is 2.17. The number of carbonyl (C=O) groups excluding carboxylic acids is 2. The Morgan fingerprint density at radius 2 is 1.43 bits per heavy atom. The third-order valence-electron chi connectivity index (χ3n) is 4.76. The molecule has 0 aromatic heterocycles. The number of ether oxygens (including phenoxy) is 2. The molecule has 0 aliphatic rings. The van der Waals surface area contributed by atoms with Crippen LogP contribution < -0.4 is 10.1 Å². The SMILES string of the molecule is CCOc1ccc(NC(=O)COC(=O)c2c3ccccc3cc3ccccc23)cc1. The van der Waals surface area contributed by atoms with Gasteiger partial charge in [-0.05, 0) is 58.8 Å². The predicted molar refractivity (Wildman–Crippen MR) is 118 cm³/mol. The van der Waals surface area contributed by atoms with Crippen LogP contribution in [0, 0.1) is 0 Å². The van der Waals surface area contributed by atoms with Gasteiger partial charge in [0, 0.05) is 5.69 Å². The van der Waals surface area contributed by atoms with Crippen molar-refractivity contribution < 1.29 is 19.1 Å². The molecule has 5 nitrogen and oxygen atoms in total. The van der Waals surface area contributed by atoms with Crippen LogP contribution in [0.4, 0.5) is 5.69 Å². The van der Waals surface area contributed by atoms with Crippen molar-refractivity contribution in [3.05, 3.63) is 84.4 Å². The van der Waals surface area contributed by atoms with Gasteiger partial charge in [0.15, 0.2) is 6.61 Å². The summed E-state index contributed by atoms with van der Waals surface area (Å²) in [5.41, 5.74) is 1.08. The predicted octanol–water partition coefficient (Wildman–Crippen LogP) is 5.19. The van der Waals surface area contributed by atoms with Crippen molar-refractivity contribution in [2.45, 2.75) is 6.92 Å². The number of hydrogen-bond acceptors (Lipinski definition) is 4. The van der Waals surface area contributed by atoms with E-state index in [4.69, 9.17) is 9.47 Å². The average molecular weight is 399 g/mol. The van der Waals surface area contributed by atoms with E-state index in [-0.39, 0.29) is 6.61 Å². The molecule has 0 saturated heterocycles. The zero-order valence-corrected chi connectivity index (χ0v) is 16.6. The highest BCUT2D eigenvalue weighted by atomic mass is 16.5. The minimum absolute atomic E-state index is 0.371. The summed E-state index contributed by atoms with van der Waals surface area (Å²) in [6.07, 6.45) is 0. The van der Waals surface area contributed by atoms with Crippen molar-refractivity contribution in [2.24, 2.45) is 0 Å². The Morgan fingerprint density at radius 3 is 2.03 bits per heavy atom. The molecule has 0 atom stereocenters. The van der Waals surface area contributed by atoms with Crippen molar-refractivity contribution in [1.82, 2.24) is 0 Å². The molecular weight excluding hydrogens is 378 g/mol. The van der Waals surface area contributed by atoms with Crippen molar-refractivity contribution in [3.63, 3.8) is 0 Å². The normalized spacial score (nSPS) is 10.7. The number of rotatable bonds is 6. The molecule has 0 heterocycles. The van der Waals surface area contributed by atoms with Crippen molar-refractivity contribution in [1.29, 1.82) is 0 Å². The van der Waals surface area contributed by atoms with E-state index in [1.165, 1.54) is 0 Å². The van der Waals surface area contributed by atoms with Gasteiger partial charge in [-0.15, -0.1) is 0 Å².